The van der Waals surface area contributed by atoms with E-state index in [2.05, 4.69) is 29.3 Å². The van der Waals surface area contributed by atoms with Crippen molar-refractivity contribution in [2.24, 2.45) is 0 Å². The van der Waals surface area contributed by atoms with Crippen molar-refractivity contribution >= 4 is 39.1 Å². The average molecular weight is 493 g/mol. The van der Waals surface area contributed by atoms with Gasteiger partial charge < -0.3 is 9.47 Å². The Morgan fingerprint density at radius 2 is 1.85 bits per heavy atom. The van der Waals surface area contributed by atoms with Crippen molar-refractivity contribution in [1.29, 1.82) is 0 Å². The van der Waals surface area contributed by atoms with Gasteiger partial charge in [0.15, 0.2) is 16.7 Å². The number of hydrogen-bond donors (Lipinski definition) is 0. The molecule has 3 aromatic heterocycles. The Bertz CT molecular complexity index is 1540. The van der Waals surface area contributed by atoms with Gasteiger partial charge in [0, 0.05) is 12.3 Å². The van der Waals surface area contributed by atoms with Gasteiger partial charge in [0.25, 0.3) is 5.56 Å². The standard InChI is InChI=1S/C25H24N4O3S2/c1-16-6-4-5-7-18(16)15-34-25-27-26-24-28(23(30)22-19(29(24)25)11-13-33-22)12-10-17-8-9-20(31-2)21(14-17)32-3/h4-9,11,13-14H,10,12,15H2,1-3H3. The Morgan fingerprint density at radius 1 is 1.03 bits per heavy atom. The van der Waals surface area contributed by atoms with Crippen LogP contribution in [0.1, 0.15) is 16.7 Å². The number of nitrogens with zero attached hydrogens (tertiary/aromatic N) is 4. The van der Waals surface area contributed by atoms with E-state index < -0.39 is 0 Å². The highest BCUT2D eigenvalue weighted by Crippen LogP contribution is 2.29. The lowest BCUT2D eigenvalue weighted by atomic mass is 10.1. The molecule has 5 rings (SSSR count). The Morgan fingerprint density at radius 3 is 2.65 bits per heavy atom. The molecule has 0 atom stereocenters. The van der Waals surface area contributed by atoms with Crippen LogP contribution in [0.2, 0.25) is 0 Å². The molecular formula is C25H24N4O3S2. The van der Waals surface area contributed by atoms with E-state index in [1.807, 2.05) is 46.2 Å². The number of fused-ring (bicyclic) bond motifs is 3. The van der Waals surface area contributed by atoms with Crippen molar-refractivity contribution in [2.75, 3.05) is 14.2 Å². The van der Waals surface area contributed by atoms with E-state index in [0.717, 1.165) is 22.0 Å². The van der Waals surface area contributed by atoms with E-state index in [1.54, 1.807) is 30.5 Å². The molecule has 0 saturated heterocycles. The monoisotopic (exact) mass is 492 g/mol. The minimum absolute atomic E-state index is 0.0409. The lowest BCUT2D eigenvalue weighted by Gasteiger charge is -2.12. The van der Waals surface area contributed by atoms with Crippen molar-refractivity contribution < 1.29 is 9.47 Å². The topological polar surface area (TPSA) is 70.7 Å². The van der Waals surface area contributed by atoms with Gasteiger partial charge in [-0.3, -0.25) is 13.8 Å². The van der Waals surface area contributed by atoms with E-state index in [1.165, 1.54) is 22.5 Å². The van der Waals surface area contributed by atoms with Crippen LogP contribution >= 0.6 is 23.1 Å². The first-order chi connectivity index (χ1) is 16.6. The number of aromatic nitrogens is 4. The fraction of sp³-hybridized carbons (Fsp3) is 0.240. The van der Waals surface area contributed by atoms with Crippen LogP contribution in [0.4, 0.5) is 0 Å². The normalized spacial score (nSPS) is 11.4. The van der Waals surface area contributed by atoms with Crippen LogP contribution in [-0.2, 0) is 18.7 Å². The van der Waals surface area contributed by atoms with Gasteiger partial charge >= 0.3 is 0 Å². The van der Waals surface area contributed by atoms with E-state index in [0.29, 0.717) is 34.9 Å². The summed E-state index contributed by atoms with van der Waals surface area (Å²) in [5.74, 6) is 2.69. The molecule has 0 aliphatic carbocycles. The Kier molecular flexibility index (Phi) is 6.30. The average Bonchev–Trinajstić information content (AvgIpc) is 3.50. The number of methoxy groups -OCH3 is 2. The first-order valence-corrected chi connectivity index (χ1v) is 12.7. The molecule has 0 unspecified atom stereocenters. The summed E-state index contributed by atoms with van der Waals surface area (Å²) in [6.07, 6.45) is 0.644. The summed E-state index contributed by atoms with van der Waals surface area (Å²) in [4.78, 5) is 13.3. The fourth-order valence-corrected chi connectivity index (χ4v) is 5.83. The van der Waals surface area contributed by atoms with Crippen LogP contribution in [-0.4, -0.2) is 33.4 Å². The lowest BCUT2D eigenvalue weighted by Crippen LogP contribution is -2.23. The van der Waals surface area contributed by atoms with Gasteiger partial charge in [-0.25, -0.2) is 0 Å². The molecule has 3 heterocycles. The maximum absolute atomic E-state index is 13.3. The molecule has 0 aliphatic heterocycles. The first kappa shape index (κ1) is 22.5. The summed E-state index contributed by atoms with van der Waals surface area (Å²) in [6, 6.07) is 16.1. The van der Waals surface area contributed by atoms with Crippen molar-refractivity contribution in [1.82, 2.24) is 19.2 Å². The maximum atomic E-state index is 13.3. The van der Waals surface area contributed by atoms with Crippen LogP contribution in [0.25, 0.3) is 16.0 Å². The number of benzene rings is 2. The van der Waals surface area contributed by atoms with E-state index in [-0.39, 0.29) is 5.56 Å². The summed E-state index contributed by atoms with van der Waals surface area (Å²) < 4.78 is 15.2. The summed E-state index contributed by atoms with van der Waals surface area (Å²) in [7, 11) is 3.23. The molecule has 0 fully saturated rings. The van der Waals surface area contributed by atoms with Crippen LogP contribution in [0, 0.1) is 6.92 Å². The predicted octanol–water partition coefficient (Wildman–Crippen LogP) is 4.97. The first-order valence-electron chi connectivity index (χ1n) is 10.8. The van der Waals surface area contributed by atoms with Crippen molar-refractivity contribution in [2.45, 2.75) is 30.8 Å². The number of thioether (sulfide) groups is 1. The van der Waals surface area contributed by atoms with Crippen LogP contribution in [0.3, 0.4) is 0 Å². The van der Waals surface area contributed by atoms with Crippen LogP contribution in [0.5, 0.6) is 11.5 Å². The highest BCUT2D eigenvalue weighted by Gasteiger charge is 2.18. The largest absolute Gasteiger partial charge is 0.493 e. The van der Waals surface area contributed by atoms with Crippen molar-refractivity contribution in [3.63, 3.8) is 0 Å². The van der Waals surface area contributed by atoms with E-state index >= 15 is 0 Å². The Hall–Kier alpha value is -3.30. The molecular weight excluding hydrogens is 468 g/mol. The third kappa shape index (κ3) is 4.05. The van der Waals surface area contributed by atoms with Gasteiger partial charge in [-0.2, -0.15) is 0 Å². The number of rotatable bonds is 8. The summed E-state index contributed by atoms with van der Waals surface area (Å²) in [5, 5.41) is 11.6. The molecule has 9 heteroatoms. The Balaban J connectivity index is 1.50. The van der Waals surface area contributed by atoms with Gasteiger partial charge in [-0.05, 0) is 53.6 Å². The molecule has 5 aromatic rings. The number of hydrogen-bond acceptors (Lipinski definition) is 7. The second kappa shape index (κ2) is 9.52. The molecule has 7 nitrogen and oxygen atoms in total. The Labute approximate surface area is 205 Å². The second-order valence-corrected chi connectivity index (χ2v) is 9.72. The lowest BCUT2D eigenvalue weighted by molar-refractivity contribution is 0.354. The molecule has 0 spiro atoms. The second-order valence-electron chi connectivity index (χ2n) is 7.86. The highest BCUT2D eigenvalue weighted by molar-refractivity contribution is 7.98. The molecule has 0 saturated carbocycles. The smallest absolute Gasteiger partial charge is 0.272 e. The maximum Gasteiger partial charge on any atom is 0.272 e. The van der Waals surface area contributed by atoms with Gasteiger partial charge in [0.1, 0.15) is 4.70 Å². The number of thiophene rings is 1. The molecule has 0 amide bonds. The minimum atomic E-state index is -0.0409. The minimum Gasteiger partial charge on any atom is -0.493 e. The molecule has 34 heavy (non-hydrogen) atoms. The molecule has 0 radical (unpaired) electrons. The zero-order valence-corrected chi connectivity index (χ0v) is 20.8. The van der Waals surface area contributed by atoms with Gasteiger partial charge in [-0.1, -0.05) is 42.1 Å². The zero-order valence-electron chi connectivity index (χ0n) is 19.1. The van der Waals surface area contributed by atoms with E-state index in [9.17, 15) is 4.79 Å². The van der Waals surface area contributed by atoms with Crippen molar-refractivity contribution in [3.05, 3.63) is 81.0 Å². The fourth-order valence-electron chi connectivity index (χ4n) is 3.99. The molecule has 0 N–H and O–H groups in total. The molecule has 2 aromatic carbocycles. The molecule has 0 bridgehead atoms. The zero-order chi connectivity index (χ0) is 23.7. The van der Waals surface area contributed by atoms with Gasteiger partial charge in [-0.15, -0.1) is 21.5 Å². The van der Waals surface area contributed by atoms with Crippen LogP contribution in [0.15, 0.2) is 63.9 Å². The summed E-state index contributed by atoms with van der Waals surface area (Å²) in [6.45, 7) is 2.59. The molecule has 0 aliphatic rings. The van der Waals surface area contributed by atoms with Gasteiger partial charge in [0.05, 0.1) is 19.7 Å². The van der Waals surface area contributed by atoms with Gasteiger partial charge in [0.2, 0.25) is 5.78 Å². The predicted molar refractivity (Wildman–Crippen MR) is 137 cm³/mol. The summed E-state index contributed by atoms with van der Waals surface area (Å²) in [5.41, 5.74) is 4.36. The SMILES string of the molecule is COc1ccc(CCn2c(=O)c3sccc3n3c(SCc4ccccc4C)nnc23)cc1OC. The quantitative estimate of drug-likeness (QED) is 0.285. The van der Waals surface area contributed by atoms with E-state index in [4.69, 9.17) is 9.47 Å². The highest BCUT2D eigenvalue weighted by atomic mass is 32.2. The van der Waals surface area contributed by atoms with Crippen LogP contribution < -0.4 is 15.0 Å². The number of ether oxygens (including phenoxy) is 2. The third-order valence-corrected chi connectivity index (χ3v) is 7.74. The summed E-state index contributed by atoms with van der Waals surface area (Å²) >= 11 is 3.08. The molecule has 174 valence electrons. The third-order valence-electron chi connectivity index (χ3n) is 5.87. The number of aryl methyl sites for hydroxylation is 3. The van der Waals surface area contributed by atoms with Crippen molar-refractivity contribution in [3.8, 4) is 11.5 Å².